The summed E-state index contributed by atoms with van der Waals surface area (Å²) in [5, 5.41) is 3.39. The summed E-state index contributed by atoms with van der Waals surface area (Å²) in [7, 11) is 4.15. The van der Waals surface area contributed by atoms with Gasteiger partial charge in [-0.15, -0.1) is 0 Å². The zero-order valence-corrected chi connectivity index (χ0v) is 16.1. The van der Waals surface area contributed by atoms with Crippen LogP contribution in [-0.4, -0.2) is 45.1 Å². The fraction of sp³-hybridized carbons (Fsp3) is 0.400. The Labute approximate surface area is 155 Å². The number of aliphatic imine (C=N–C) groups is 1. The van der Waals surface area contributed by atoms with Gasteiger partial charge in [0.1, 0.15) is 5.82 Å². The summed E-state index contributed by atoms with van der Waals surface area (Å²) in [6.45, 7) is 7.35. The highest BCUT2D eigenvalue weighted by molar-refractivity contribution is 5.79. The van der Waals surface area contributed by atoms with Crippen molar-refractivity contribution in [3.05, 3.63) is 54.1 Å². The summed E-state index contributed by atoms with van der Waals surface area (Å²) in [5.74, 6) is 1.96. The van der Waals surface area contributed by atoms with Crippen molar-refractivity contribution in [2.45, 2.75) is 26.9 Å². The molecular weight excluding hydrogens is 324 g/mol. The van der Waals surface area contributed by atoms with E-state index in [0.717, 1.165) is 36.9 Å². The SMILES string of the molecule is CCNC(=NCCn1c(C)nc2ccccc21)N(C)Cc1cccn1C. The Morgan fingerprint density at radius 3 is 2.77 bits per heavy atom. The summed E-state index contributed by atoms with van der Waals surface area (Å²) in [6.07, 6.45) is 2.07. The van der Waals surface area contributed by atoms with Gasteiger partial charge >= 0.3 is 0 Å². The number of guanidine groups is 1. The van der Waals surface area contributed by atoms with Crippen LogP contribution in [0, 0.1) is 6.92 Å². The predicted octanol–water partition coefficient (Wildman–Crippen LogP) is 2.78. The van der Waals surface area contributed by atoms with Gasteiger partial charge in [-0.2, -0.15) is 0 Å². The van der Waals surface area contributed by atoms with Gasteiger partial charge in [0.2, 0.25) is 0 Å². The van der Waals surface area contributed by atoms with Crippen molar-refractivity contribution < 1.29 is 0 Å². The molecule has 0 unspecified atom stereocenters. The first-order valence-corrected chi connectivity index (χ1v) is 9.11. The van der Waals surface area contributed by atoms with E-state index in [1.165, 1.54) is 11.2 Å². The molecule has 0 atom stereocenters. The molecule has 0 saturated carbocycles. The van der Waals surface area contributed by atoms with Gasteiger partial charge in [0, 0.05) is 39.1 Å². The van der Waals surface area contributed by atoms with Crippen LogP contribution in [0.1, 0.15) is 18.4 Å². The molecule has 1 N–H and O–H groups in total. The Bertz CT molecular complexity index is 889. The van der Waals surface area contributed by atoms with Gasteiger partial charge in [-0.3, -0.25) is 4.99 Å². The minimum absolute atomic E-state index is 0.709. The van der Waals surface area contributed by atoms with Crippen molar-refractivity contribution >= 4 is 17.0 Å². The summed E-state index contributed by atoms with van der Waals surface area (Å²) >= 11 is 0. The van der Waals surface area contributed by atoms with Gasteiger partial charge in [0.05, 0.1) is 24.1 Å². The van der Waals surface area contributed by atoms with E-state index in [2.05, 4.69) is 88.8 Å². The van der Waals surface area contributed by atoms with Crippen LogP contribution in [0.2, 0.25) is 0 Å². The minimum Gasteiger partial charge on any atom is -0.357 e. The second-order valence-electron chi connectivity index (χ2n) is 6.50. The van der Waals surface area contributed by atoms with Crippen molar-refractivity contribution in [2.75, 3.05) is 20.1 Å². The molecular formula is C20H28N6. The van der Waals surface area contributed by atoms with Crippen molar-refractivity contribution in [2.24, 2.45) is 12.0 Å². The fourth-order valence-corrected chi connectivity index (χ4v) is 3.18. The van der Waals surface area contributed by atoms with E-state index >= 15 is 0 Å². The number of imidazole rings is 1. The molecule has 0 spiro atoms. The zero-order valence-electron chi connectivity index (χ0n) is 16.1. The molecule has 1 aromatic carbocycles. The molecule has 6 heteroatoms. The highest BCUT2D eigenvalue weighted by atomic mass is 15.3. The topological polar surface area (TPSA) is 50.4 Å². The van der Waals surface area contributed by atoms with Gasteiger partial charge in [-0.25, -0.2) is 4.98 Å². The minimum atomic E-state index is 0.709. The Morgan fingerprint density at radius 2 is 2.04 bits per heavy atom. The van der Waals surface area contributed by atoms with Crippen LogP contribution in [0.15, 0.2) is 47.6 Å². The van der Waals surface area contributed by atoms with Crippen molar-refractivity contribution in [1.29, 1.82) is 0 Å². The Balaban J connectivity index is 1.70. The van der Waals surface area contributed by atoms with Crippen LogP contribution >= 0.6 is 0 Å². The Morgan fingerprint density at radius 1 is 1.23 bits per heavy atom. The summed E-state index contributed by atoms with van der Waals surface area (Å²) in [6, 6.07) is 12.5. The lowest BCUT2D eigenvalue weighted by Crippen LogP contribution is -2.39. The lowest BCUT2D eigenvalue weighted by molar-refractivity contribution is 0.461. The number of nitrogens with zero attached hydrogens (tertiary/aromatic N) is 5. The highest BCUT2D eigenvalue weighted by Crippen LogP contribution is 2.15. The highest BCUT2D eigenvalue weighted by Gasteiger charge is 2.09. The number of nitrogens with one attached hydrogen (secondary N) is 1. The normalized spacial score (nSPS) is 11.9. The monoisotopic (exact) mass is 352 g/mol. The van der Waals surface area contributed by atoms with Gasteiger partial charge in [0.25, 0.3) is 0 Å². The van der Waals surface area contributed by atoms with Crippen LogP contribution in [0.5, 0.6) is 0 Å². The summed E-state index contributed by atoms with van der Waals surface area (Å²) in [5.41, 5.74) is 3.47. The lowest BCUT2D eigenvalue weighted by atomic mass is 10.3. The molecule has 26 heavy (non-hydrogen) atoms. The first kappa shape index (κ1) is 18.0. The Kier molecular flexibility index (Phi) is 5.61. The van der Waals surface area contributed by atoms with E-state index in [1.807, 2.05) is 6.07 Å². The number of hydrogen-bond acceptors (Lipinski definition) is 2. The third kappa shape index (κ3) is 3.90. The standard InChI is InChI=1S/C20H28N6/c1-5-21-20(25(4)15-17-9-8-13-24(17)3)22-12-14-26-16(2)23-18-10-6-7-11-19(18)26/h6-11,13H,5,12,14-15H2,1-4H3,(H,21,22). The summed E-state index contributed by atoms with van der Waals surface area (Å²) < 4.78 is 4.38. The molecule has 138 valence electrons. The predicted molar refractivity (Wildman–Crippen MR) is 107 cm³/mol. The number of hydrogen-bond donors (Lipinski definition) is 1. The van der Waals surface area contributed by atoms with Gasteiger partial charge in [-0.1, -0.05) is 12.1 Å². The van der Waals surface area contributed by atoms with Crippen molar-refractivity contribution in [3.8, 4) is 0 Å². The van der Waals surface area contributed by atoms with E-state index in [-0.39, 0.29) is 0 Å². The molecule has 0 saturated heterocycles. The maximum Gasteiger partial charge on any atom is 0.194 e. The van der Waals surface area contributed by atoms with E-state index in [9.17, 15) is 0 Å². The first-order valence-electron chi connectivity index (χ1n) is 9.11. The van der Waals surface area contributed by atoms with Crippen LogP contribution < -0.4 is 5.32 Å². The first-order chi connectivity index (χ1) is 12.6. The van der Waals surface area contributed by atoms with Gasteiger partial charge in [-0.05, 0) is 38.1 Å². The summed E-state index contributed by atoms with van der Waals surface area (Å²) in [4.78, 5) is 11.6. The average molecular weight is 352 g/mol. The van der Waals surface area contributed by atoms with Crippen LogP contribution in [0.25, 0.3) is 11.0 Å². The quantitative estimate of drug-likeness (QED) is 0.548. The van der Waals surface area contributed by atoms with E-state index in [0.29, 0.717) is 6.54 Å². The molecule has 3 rings (SSSR count). The largest absolute Gasteiger partial charge is 0.357 e. The molecule has 0 radical (unpaired) electrons. The molecule has 2 aromatic heterocycles. The third-order valence-electron chi connectivity index (χ3n) is 4.58. The van der Waals surface area contributed by atoms with Crippen molar-refractivity contribution in [1.82, 2.24) is 24.3 Å². The maximum atomic E-state index is 4.82. The number of aromatic nitrogens is 3. The number of fused-ring (bicyclic) bond motifs is 1. The van der Waals surface area contributed by atoms with Crippen LogP contribution in [0.3, 0.4) is 0 Å². The molecule has 3 aromatic rings. The third-order valence-corrected chi connectivity index (χ3v) is 4.58. The molecule has 0 bridgehead atoms. The molecule has 0 amide bonds. The zero-order chi connectivity index (χ0) is 18.5. The van der Waals surface area contributed by atoms with E-state index < -0.39 is 0 Å². The van der Waals surface area contributed by atoms with E-state index in [4.69, 9.17) is 4.99 Å². The van der Waals surface area contributed by atoms with Crippen molar-refractivity contribution in [3.63, 3.8) is 0 Å². The number of benzene rings is 1. The lowest BCUT2D eigenvalue weighted by Gasteiger charge is -2.22. The average Bonchev–Trinajstić information content (AvgIpc) is 3.17. The molecule has 0 aliphatic rings. The molecule has 6 nitrogen and oxygen atoms in total. The number of rotatable bonds is 6. The number of aryl methyl sites for hydroxylation is 2. The molecule has 0 aliphatic heterocycles. The fourth-order valence-electron chi connectivity index (χ4n) is 3.18. The maximum absolute atomic E-state index is 4.82. The Hall–Kier alpha value is -2.76. The van der Waals surface area contributed by atoms with Gasteiger partial charge in [0.15, 0.2) is 5.96 Å². The van der Waals surface area contributed by atoms with E-state index in [1.54, 1.807) is 0 Å². The number of para-hydroxylation sites is 2. The second kappa shape index (κ2) is 8.08. The van der Waals surface area contributed by atoms with Gasteiger partial charge < -0.3 is 19.4 Å². The smallest absolute Gasteiger partial charge is 0.194 e. The van der Waals surface area contributed by atoms with Crippen LogP contribution in [0.4, 0.5) is 0 Å². The van der Waals surface area contributed by atoms with Crippen LogP contribution in [-0.2, 0) is 20.1 Å². The molecule has 0 aliphatic carbocycles. The second-order valence-corrected chi connectivity index (χ2v) is 6.50. The molecule has 2 heterocycles. The molecule has 0 fully saturated rings.